The lowest BCUT2D eigenvalue weighted by Crippen LogP contribution is -2.36. The topological polar surface area (TPSA) is 84.2 Å². The first-order valence-corrected chi connectivity index (χ1v) is 6.16. The van der Waals surface area contributed by atoms with Gasteiger partial charge in [-0.15, -0.1) is 0 Å². The van der Waals surface area contributed by atoms with Crippen LogP contribution in [0.25, 0.3) is 0 Å². The Morgan fingerprint density at radius 2 is 2.05 bits per heavy atom. The fourth-order valence-corrected chi connectivity index (χ4v) is 1.58. The van der Waals surface area contributed by atoms with Gasteiger partial charge in [-0.25, -0.2) is 4.98 Å². The van der Waals surface area contributed by atoms with Crippen LogP contribution in [0.4, 0.5) is 0 Å². The number of amides is 2. The number of hydrogen-bond donors (Lipinski definition) is 2. The molecule has 104 valence electrons. The molecule has 0 aliphatic heterocycles. The predicted octanol–water partition coefficient (Wildman–Crippen LogP) is 1.03. The monoisotopic (exact) mass is 273 g/mol. The highest BCUT2D eigenvalue weighted by Gasteiger charge is 2.09. The van der Waals surface area contributed by atoms with E-state index in [-0.39, 0.29) is 18.4 Å². The molecule has 0 saturated carbocycles. The Bertz CT molecular complexity index is 593. The van der Waals surface area contributed by atoms with Crippen LogP contribution in [0.15, 0.2) is 41.0 Å². The second-order valence-electron chi connectivity index (χ2n) is 4.20. The second-order valence-corrected chi connectivity index (χ2v) is 4.20. The van der Waals surface area contributed by atoms with E-state index in [1.807, 2.05) is 0 Å². The molecule has 0 fully saturated rings. The number of carbonyl (C=O) groups excluding carboxylic acids is 2. The second kappa shape index (κ2) is 6.51. The van der Waals surface area contributed by atoms with Gasteiger partial charge < -0.3 is 15.1 Å². The number of furan rings is 1. The summed E-state index contributed by atoms with van der Waals surface area (Å²) < 4.78 is 5.08. The lowest BCUT2D eigenvalue weighted by atomic mass is 10.3. The Morgan fingerprint density at radius 1 is 1.20 bits per heavy atom. The van der Waals surface area contributed by atoms with Gasteiger partial charge in [0.15, 0.2) is 0 Å². The standard InChI is InChI=1S/C14H15N3O3/c1-10-4-2-6-12(17-10)14(19)16-9-13(18)15-8-11-5-3-7-20-11/h2-7H,8-9H2,1H3,(H,15,18)(H,16,19). The SMILES string of the molecule is Cc1cccc(C(=O)NCC(=O)NCc2ccco2)n1. The summed E-state index contributed by atoms with van der Waals surface area (Å²) in [5.74, 6) is -0.00530. The first-order chi connectivity index (χ1) is 9.65. The van der Waals surface area contributed by atoms with Crippen LogP contribution in [0.3, 0.4) is 0 Å². The molecule has 0 spiro atoms. The molecule has 20 heavy (non-hydrogen) atoms. The fraction of sp³-hybridized carbons (Fsp3) is 0.214. The molecule has 6 nitrogen and oxygen atoms in total. The first kappa shape index (κ1) is 13.8. The highest BCUT2D eigenvalue weighted by atomic mass is 16.3. The van der Waals surface area contributed by atoms with Gasteiger partial charge >= 0.3 is 0 Å². The van der Waals surface area contributed by atoms with Gasteiger partial charge in [-0.05, 0) is 31.2 Å². The summed E-state index contributed by atoms with van der Waals surface area (Å²) in [4.78, 5) is 27.4. The molecule has 0 radical (unpaired) electrons. The number of aromatic nitrogens is 1. The van der Waals surface area contributed by atoms with Crippen molar-refractivity contribution in [1.82, 2.24) is 15.6 Å². The van der Waals surface area contributed by atoms with Crippen LogP contribution < -0.4 is 10.6 Å². The Hall–Kier alpha value is -2.63. The van der Waals surface area contributed by atoms with Crippen molar-refractivity contribution in [1.29, 1.82) is 0 Å². The lowest BCUT2D eigenvalue weighted by Gasteiger charge is -2.06. The van der Waals surface area contributed by atoms with Crippen molar-refractivity contribution in [3.8, 4) is 0 Å². The molecule has 2 N–H and O–H groups in total. The van der Waals surface area contributed by atoms with E-state index in [1.165, 1.54) is 6.26 Å². The van der Waals surface area contributed by atoms with Crippen molar-refractivity contribution in [3.63, 3.8) is 0 Å². The molecule has 2 aromatic heterocycles. The van der Waals surface area contributed by atoms with E-state index in [1.54, 1.807) is 37.3 Å². The third-order valence-corrected chi connectivity index (χ3v) is 2.57. The summed E-state index contributed by atoms with van der Waals surface area (Å²) in [6, 6.07) is 8.65. The number of aryl methyl sites for hydroxylation is 1. The van der Waals surface area contributed by atoms with Gasteiger partial charge in [-0.2, -0.15) is 0 Å². The molecule has 6 heteroatoms. The van der Waals surface area contributed by atoms with Gasteiger partial charge in [0.25, 0.3) is 5.91 Å². The van der Waals surface area contributed by atoms with Gasteiger partial charge in [-0.3, -0.25) is 9.59 Å². The smallest absolute Gasteiger partial charge is 0.270 e. The van der Waals surface area contributed by atoms with Crippen molar-refractivity contribution < 1.29 is 14.0 Å². The maximum Gasteiger partial charge on any atom is 0.270 e. The molecule has 0 saturated heterocycles. The zero-order chi connectivity index (χ0) is 14.4. The fourth-order valence-electron chi connectivity index (χ4n) is 1.58. The minimum Gasteiger partial charge on any atom is -0.467 e. The minimum atomic E-state index is -0.373. The number of pyridine rings is 1. The summed E-state index contributed by atoms with van der Waals surface area (Å²) in [6.45, 7) is 1.99. The highest BCUT2D eigenvalue weighted by molar-refractivity contribution is 5.94. The quantitative estimate of drug-likeness (QED) is 0.852. The predicted molar refractivity (Wildman–Crippen MR) is 71.9 cm³/mol. The van der Waals surface area contributed by atoms with Crippen molar-refractivity contribution >= 4 is 11.8 Å². The van der Waals surface area contributed by atoms with Crippen molar-refractivity contribution in [2.24, 2.45) is 0 Å². The Labute approximate surface area is 116 Å². The number of nitrogens with one attached hydrogen (secondary N) is 2. The Kier molecular flexibility index (Phi) is 4.49. The maximum absolute atomic E-state index is 11.8. The molecule has 2 rings (SSSR count). The van der Waals surface area contributed by atoms with Crippen LogP contribution in [-0.4, -0.2) is 23.3 Å². The number of nitrogens with zero attached hydrogens (tertiary/aromatic N) is 1. The van der Waals surface area contributed by atoms with Crippen molar-refractivity contribution in [3.05, 3.63) is 53.7 Å². The summed E-state index contributed by atoms with van der Waals surface area (Å²) in [6.07, 6.45) is 1.53. The molecule has 2 aromatic rings. The van der Waals surface area contributed by atoms with Crippen LogP contribution in [0.5, 0.6) is 0 Å². The van der Waals surface area contributed by atoms with Crippen molar-refractivity contribution in [2.45, 2.75) is 13.5 Å². The summed E-state index contributed by atoms with van der Waals surface area (Å²) in [5.41, 5.74) is 1.05. The molecular formula is C14H15N3O3. The third kappa shape index (κ3) is 3.94. The van der Waals surface area contributed by atoms with Crippen LogP contribution in [0, 0.1) is 6.92 Å². The molecule has 0 atom stereocenters. The molecule has 0 aromatic carbocycles. The van der Waals surface area contributed by atoms with Crippen LogP contribution in [0.2, 0.25) is 0 Å². The maximum atomic E-state index is 11.8. The van der Waals surface area contributed by atoms with E-state index in [0.717, 1.165) is 5.69 Å². The Balaban J connectivity index is 1.77. The number of carbonyl (C=O) groups is 2. The van der Waals surface area contributed by atoms with E-state index in [0.29, 0.717) is 18.0 Å². The zero-order valence-electron chi connectivity index (χ0n) is 11.1. The van der Waals surface area contributed by atoms with Gasteiger partial charge in [-0.1, -0.05) is 6.07 Å². The van der Waals surface area contributed by atoms with Crippen LogP contribution >= 0.6 is 0 Å². The molecule has 0 bridgehead atoms. The molecular weight excluding hydrogens is 258 g/mol. The average molecular weight is 273 g/mol. The third-order valence-electron chi connectivity index (χ3n) is 2.57. The van der Waals surface area contributed by atoms with E-state index in [4.69, 9.17) is 4.42 Å². The largest absolute Gasteiger partial charge is 0.467 e. The van der Waals surface area contributed by atoms with Gasteiger partial charge in [0.2, 0.25) is 5.91 Å². The molecule has 2 amide bonds. The van der Waals surface area contributed by atoms with E-state index in [9.17, 15) is 9.59 Å². The average Bonchev–Trinajstić information content (AvgIpc) is 2.95. The normalized spacial score (nSPS) is 10.1. The molecule has 0 unspecified atom stereocenters. The Morgan fingerprint density at radius 3 is 2.75 bits per heavy atom. The summed E-state index contributed by atoms with van der Waals surface area (Å²) in [7, 11) is 0. The molecule has 0 aliphatic rings. The molecule has 0 aliphatic carbocycles. The van der Waals surface area contributed by atoms with Crippen molar-refractivity contribution in [2.75, 3.05) is 6.54 Å². The van der Waals surface area contributed by atoms with E-state index >= 15 is 0 Å². The van der Waals surface area contributed by atoms with Gasteiger partial charge in [0, 0.05) is 5.69 Å². The van der Waals surface area contributed by atoms with Crippen LogP contribution in [-0.2, 0) is 11.3 Å². The van der Waals surface area contributed by atoms with Crippen LogP contribution in [0.1, 0.15) is 21.9 Å². The van der Waals surface area contributed by atoms with E-state index in [2.05, 4.69) is 15.6 Å². The number of hydrogen-bond acceptors (Lipinski definition) is 4. The van der Waals surface area contributed by atoms with E-state index < -0.39 is 0 Å². The minimum absolute atomic E-state index is 0.102. The highest BCUT2D eigenvalue weighted by Crippen LogP contribution is 1.99. The zero-order valence-corrected chi connectivity index (χ0v) is 11.1. The van der Waals surface area contributed by atoms with Gasteiger partial charge in [0.05, 0.1) is 19.4 Å². The summed E-state index contributed by atoms with van der Waals surface area (Å²) >= 11 is 0. The van der Waals surface area contributed by atoms with Gasteiger partial charge in [0.1, 0.15) is 11.5 Å². The number of rotatable bonds is 5. The first-order valence-electron chi connectivity index (χ1n) is 6.16. The molecule has 2 heterocycles. The lowest BCUT2D eigenvalue weighted by molar-refractivity contribution is -0.120. The summed E-state index contributed by atoms with van der Waals surface area (Å²) in [5, 5.41) is 5.15.